The third-order valence-electron chi connectivity index (χ3n) is 6.68. The summed E-state index contributed by atoms with van der Waals surface area (Å²) in [6, 6.07) is 3.45. The summed E-state index contributed by atoms with van der Waals surface area (Å²) in [6.45, 7) is 6.89. The van der Waals surface area contributed by atoms with Crippen molar-refractivity contribution in [2.75, 3.05) is 6.61 Å². The SMILES string of the molecule is Cc1cc(OCC2C=CC=CC2)c(C)c(C)c1Cc1cc(F)c(O)c(C2=CCCCC2)n1. The number of hydrogen-bond acceptors (Lipinski definition) is 3. The quantitative estimate of drug-likeness (QED) is 0.538. The standard InChI is InChI=1S/C28H32FNO2/c1-18-14-26(32-17-21-10-6-4-7-11-21)20(3)19(2)24(18)15-23-16-25(29)28(31)27(30-23)22-12-8-5-9-13-22/h4,6-7,10,12,14,16,21,31H,5,8-9,11,13,15,17H2,1-3H3. The van der Waals surface area contributed by atoms with Crippen molar-refractivity contribution >= 4 is 5.57 Å². The van der Waals surface area contributed by atoms with Crippen molar-refractivity contribution < 1.29 is 14.2 Å². The maximum atomic E-state index is 14.6. The van der Waals surface area contributed by atoms with Crippen molar-refractivity contribution in [2.24, 2.45) is 5.92 Å². The molecule has 3 nitrogen and oxygen atoms in total. The number of nitrogens with zero attached hydrogens (tertiary/aromatic N) is 1. The fourth-order valence-corrected chi connectivity index (χ4v) is 4.58. The molecule has 2 aromatic rings. The first-order valence-corrected chi connectivity index (χ1v) is 11.6. The van der Waals surface area contributed by atoms with E-state index in [1.807, 2.05) is 0 Å². The molecule has 32 heavy (non-hydrogen) atoms. The Bertz CT molecular complexity index is 1100. The van der Waals surface area contributed by atoms with Crippen LogP contribution in [0.5, 0.6) is 11.5 Å². The zero-order valence-electron chi connectivity index (χ0n) is 19.2. The van der Waals surface area contributed by atoms with Gasteiger partial charge in [0.05, 0.1) is 6.61 Å². The van der Waals surface area contributed by atoms with Crippen LogP contribution >= 0.6 is 0 Å². The molecule has 1 heterocycles. The Labute approximate surface area is 190 Å². The van der Waals surface area contributed by atoms with Crippen LogP contribution in [0.15, 0.2) is 42.5 Å². The van der Waals surface area contributed by atoms with Crippen LogP contribution in [0, 0.1) is 32.5 Å². The summed E-state index contributed by atoms with van der Waals surface area (Å²) in [4.78, 5) is 4.68. The normalized spacial score (nSPS) is 18.0. The number of pyridine rings is 1. The van der Waals surface area contributed by atoms with Crippen LogP contribution in [0.2, 0.25) is 0 Å². The Hall–Kier alpha value is -2.88. The van der Waals surface area contributed by atoms with Crippen LogP contribution in [-0.2, 0) is 6.42 Å². The van der Waals surface area contributed by atoms with Gasteiger partial charge in [0, 0.05) is 18.0 Å². The Kier molecular flexibility index (Phi) is 6.78. The molecule has 1 aromatic carbocycles. The number of ether oxygens (including phenoxy) is 1. The highest BCUT2D eigenvalue weighted by Gasteiger charge is 2.19. The molecule has 0 fully saturated rings. The number of rotatable bonds is 6. The fourth-order valence-electron chi connectivity index (χ4n) is 4.58. The van der Waals surface area contributed by atoms with Crippen LogP contribution in [0.3, 0.4) is 0 Å². The zero-order chi connectivity index (χ0) is 22.7. The molecule has 0 spiro atoms. The average Bonchev–Trinajstić information content (AvgIpc) is 2.81. The lowest BCUT2D eigenvalue weighted by Gasteiger charge is -2.20. The van der Waals surface area contributed by atoms with E-state index in [2.05, 4.69) is 62.2 Å². The first kappa shape index (κ1) is 22.3. The van der Waals surface area contributed by atoms with E-state index >= 15 is 0 Å². The van der Waals surface area contributed by atoms with Gasteiger partial charge < -0.3 is 9.84 Å². The Balaban J connectivity index is 1.58. The molecular formula is C28H32FNO2. The second-order valence-electron chi connectivity index (χ2n) is 8.98. The van der Waals surface area contributed by atoms with Crippen LogP contribution < -0.4 is 4.74 Å². The maximum Gasteiger partial charge on any atom is 0.177 e. The number of halogens is 1. The van der Waals surface area contributed by atoms with Crippen LogP contribution in [0.25, 0.3) is 5.57 Å². The van der Waals surface area contributed by atoms with Gasteiger partial charge in [0.15, 0.2) is 11.6 Å². The molecular weight excluding hydrogens is 401 g/mol. The summed E-state index contributed by atoms with van der Waals surface area (Å²) >= 11 is 0. The molecule has 0 radical (unpaired) electrons. The molecule has 0 aliphatic heterocycles. The van der Waals surface area contributed by atoms with Crippen molar-refractivity contribution in [1.82, 2.24) is 4.98 Å². The molecule has 4 heteroatoms. The van der Waals surface area contributed by atoms with Crippen molar-refractivity contribution in [3.05, 3.63) is 82.0 Å². The lowest BCUT2D eigenvalue weighted by Crippen LogP contribution is -2.12. The summed E-state index contributed by atoms with van der Waals surface area (Å²) in [5.74, 6) is 0.376. The Morgan fingerprint density at radius 1 is 1.12 bits per heavy atom. The van der Waals surface area contributed by atoms with Crippen molar-refractivity contribution in [3.63, 3.8) is 0 Å². The predicted molar refractivity (Wildman–Crippen MR) is 128 cm³/mol. The molecule has 0 saturated heterocycles. The maximum absolute atomic E-state index is 14.6. The first-order chi connectivity index (χ1) is 15.4. The van der Waals surface area contributed by atoms with Crippen molar-refractivity contribution in [3.8, 4) is 11.5 Å². The van der Waals surface area contributed by atoms with Gasteiger partial charge >= 0.3 is 0 Å². The molecule has 0 amide bonds. The smallest absolute Gasteiger partial charge is 0.177 e. The highest BCUT2D eigenvalue weighted by Crippen LogP contribution is 2.34. The van der Waals surface area contributed by atoms with Crippen LogP contribution in [0.4, 0.5) is 4.39 Å². The molecule has 1 N–H and O–H groups in total. The molecule has 1 aromatic heterocycles. The van der Waals surface area contributed by atoms with Gasteiger partial charge in [0.2, 0.25) is 0 Å². The zero-order valence-corrected chi connectivity index (χ0v) is 19.2. The topological polar surface area (TPSA) is 42.4 Å². The van der Waals surface area contributed by atoms with Gasteiger partial charge in [-0.2, -0.15) is 0 Å². The third-order valence-corrected chi connectivity index (χ3v) is 6.68. The Morgan fingerprint density at radius 2 is 1.97 bits per heavy atom. The van der Waals surface area contributed by atoms with Gasteiger partial charge in [-0.3, -0.25) is 0 Å². The van der Waals surface area contributed by atoms with E-state index in [-0.39, 0.29) is 5.75 Å². The first-order valence-electron chi connectivity index (χ1n) is 11.6. The summed E-state index contributed by atoms with van der Waals surface area (Å²) < 4.78 is 20.7. The van der Waals surface area contributed by atoms with Gasteiger partial charge in [0.1, 0.15) is 11.4 Å². The van der Waals surface area contributed by atoms with Crippen LogP contribution in [-0.4, -0.2) is 16.7 Å². The highest BCUT2D eigenvalue weighted by atomic mass is 19.1. The van der Waals surface area contributed by atoms with Gasteiger partial charge in [0.25, 0.3) is 0 Å². The van der Waals surface area contributed by atoms with Crippen molar-refractivity contribution in [1.29, 1.82) is 0 Å². The van der Waals surface area contributed by atoms with Gasteiger partial charge in [-0.1, -0.05) is 30.4 Å². The van der Waals surface area contributed by atoms with E-state index in [1.54, 1.807) is 0 Å². The molecule has 0 bridgehead atoms. The van der Waals surface area contributed by atoms with Crippen LogP contribution in [0.1, 0.15) is 65.7 Å². The van der Waals surface area contributed by atoms with E-state index in [0.29, 0.717) is 30.3 Å². The minimum Gasteiger partial charge on any atom is -0.503 e. The fraction of sp³-hybridized carbons (Fsp3) is 0.393. The van der Waals surface area contributed by atoms with E-state index in [9.17, 15) is 9.50 Å². The third kappa shape index (κ3) is 4.79. The van der Waals surface area contributed by atoms with E-state index in [0.717, 1.165) is 65.7 Å². The summed E-state index contributed by atoms with van der Waals surface area (Å²) in [6.07, 6.45) is 16.1. The number of aryl methyl sites for hydroxylation is 1. The number of allylic oxidation sites excluding steroid dienone is 5. The van der Waals surface area contributed by atoms with E-state index in [4.69, 9.17) is 4.74 Å². The molecule has 168 valence electrons. The molecule has 2 aliphatic rings. The van der Waals surface area contributed by atoms with E-state index < -0.39 is 5.82 Å². The summed E-state index contributed by atoms with van der Waals surface area (Å²) in [5, 5.41) is 10.3. The molecule has 0 saturated carbocycles. The van der Waals surface area contributed by atoms with Gasteiger partial charge in [-0.15, -0.1) is 0 Å². The number of benzene rings is 1. The number of aromatic nitrogens is 1. The minimum absolute atomic E-state index is 0.332. The van der Waals surface area contributed by atoms with E-state index in [1.165, 1.54) is 6.07 Å². The van der Waals surface area contributed by atoms with Gasteiger partial charge in [-0.25, -0.2) is 9.37 Å². The lowest BCUT2D eigenvalue weighted by molar-refractivity contribution is 0.274. The van der Waals surface area contributed by atoms with Gasteiger partial charge in [-0.05, 0) is 92.8 Å². The largest absolute Gasteiger partial charge is 0.503 e. The number of hydrogen-bond donors (Lipinski definition) is 1. The summed E-state index contributed by atoms with van der Waals surface area (Å²) in [5.41, 5.74) is 6.49. The second kappa shape index (κ2) is 9.72. The minimum atomic E-state index is -0.599. The number of aromatic hydroxyl groups is 1. The molecule has 1 atom stereocenters. The average molecular weight is 434 g/mol. The monoisotopic (exact) mass is 433 g/mol. The van der Waals surface area contributed by atoms with Crippen molar-refractivity contribution in [2.45, 2.75) is 59.3 Å². The lowest BCUT2D eigenvalue weighted by atomic mass is 9.93. The Morgan fingerprint density at radius 3 is 2.69 bits per heavy atom. The second-order valence-corrected chi connectivity index (χ2v) is 8.98. The molecule has 2 aliphatic carbocycles. The molecule has 4 rings (SSSR count). The molecule has 1 unspecified atom stereocenters. The summed E-state index contributed by atoms with van der Waals surface area (Å²) in [7, 11) is 0. The predicted octanol–water partition coefficient (Wildman–Crippen LogP) is 6.91. The highest BCUT2D eigenvalue weighted by molar-refractivity contribution is 5.68.